The molecular formula is C32H35F4N3O6. The number of hydrogen-bond donors (Lipinski definition) is 3. The predicted octanol–water partition coefficient (Wildman–Crippen LogP) is 4.78. The topological polar surface area (TPSA) is 130 Å². The van der Waals surface area contributed by atoms with Crippen LogP contribution in [-0.4, -0.2) is 62.7 Å². The van der Waals surface area contributed by atoms with E-state index >= 15 is 0 Å². The Morgan fingerprint density at radius 3 is 2.49 bits per heavy atom. The maximum absolute atomic E-state index is 14.1. The minimum atomic E-state index is -4.99. The molecule has 9 nitrogen and oxygen atoms in total. The van der Waals surface area contributed by atoms with Gasteiger partial charge in [-0.05, 0) is 56.1 Å². The van der Waals surface area contributed by atoms with Crippen LogP contribution in [0.4, 0.5) is 17.6 Å². The van der Waals surface area contributed by atoms with Crippen molar-refractivity contribution in [2.24, 2.45) is 0 Å². The summed E-state index contributed by atoms with van der Waals surface area (Å²) < 4.78 is 71.5. The molecule has 0 aromatic heterocycles. The van der Waals surface area contributed by atoms with E-state index in [4.69, 9.17) is 14.7 Å². The second kappa shape index (κ2) is 16.6. The highest BCUT2D eigenvalue weighted by Crippen LogP contribution is 2.43. The van der Waals surface area contributed by atoms with Crippen LogP contribution in [0.1, 0.15) is 49.7 Å². The van der Waals surface area contributed by atoms with E-state index in [0.717, 1.165) is 32.1 Å². The number of aliphatic hydroxyl groups is 1. The summed E-state index contributed by atoms with van der Waals surface area (Å²) in [7, 11) is 0.916. The number of aliphatic hydroxyl groups excluding tert-OH is 1. The Morgan fingerprint density at radius 1 is 1.07 bits per heavy atom. The number of carbonyl (C=O) groups is 2. The Morgan fingerprint density at radius 2 is 1.80 bits per heavy atom. The minimum absolute atomic E-state index is 0.0248. The fourth-order valence-corrected chi connectivity index (χ4v) is 4.82. The molecule has 1 aliphatic rings. The summed E-state index contributed by atoms with van der Waals surface area (Å²) in [5.74, 6) is -4.19. The maximum Gasteiger partial charge on any atom is 0.431 e. The second-order valence-electron chi connectivity index (χ2n) is 10.3. The monoisotopic (exact) mass is 633 g/mol. The zero-order valence-electron chi connectivity index (χ0n) is 24.9. The number of nitrogens with one attached hydrogen (secondary N) is 2. The van der Waals surface area contributed by atoms with Crippen LogP contribution >= 0.6 is 0 Å². The third-order valence-corrected chi connectivity index (χ3v) is 6.95. The molecule has 0 fully saturated rings. The molecule has 2 aromatic carbocycles. The van der Waals surface area contributed by atoms with Crippen molar-refractivity contribution in [2.45, 2.75) is 50.8 Å². The lowest BCUT2D eigenvalue weighted by Crippen LogP contribution is -2.38. The van der Waals surface area contributed by atoms with Crippen molar-refractivity contribution in [3.05, 3.63) is 88.0 Å². The van der Waals surface area contributed by atoms with Gasteiger partial charge >= 0.3 is 18.1 Å². The summed E-state index contributed by atoms with van der Waals surface area (Å²) in [6.45, 7) is 2.16. The van der Waals surface area contributed by atoms with E-state index in [0.29, 0.717) is 37.2 Å². The fraction of sp³-hybridized carbons (Fsp3) is 0.406. The van der Waals surface area contributed by atoms with Crippen LogP contribution < -0.4 is 15.4 Å². The molecule has 2 aromatic rings. The van der Waals surface area contributed by atoms with Gasteiger partial charge in [-0.3, -0.25) is 0 Å². The summed E-state index contributed by atoms with van der Waals surface area (Å²) in [5, 5.41) is 24.4. The molecule has 0 saturated heterocycles. The summed E-state index contributed by atoms with van der Waals surface area (Å²) >= 11 is 0. The number of alkyl halides is 3. The maximum atomic E-state index is 14.1. The zero-order valence-corrected chi connectivity index (χ0v) is 24.9. The third-order valence-electron chi connectivity index (χ3n) is 6.95. The molecule has 2 unspecified atom stereocenters. The third kappa shape index (κ3) is 9.79. The van der Waals surface area contributed by atoms with E-state index in [1.807, 2.05) is 6.07 Å². The van der Waals surface area contributed by atoms with Gasteiger partial charge in [-0.2, -0.15) is 18.4 Å². The van der Waals surface area contributed by atoms with Crippen LogP contribution in [0, 0.1) is 17.1 Å². The van der Waals surface area contributed by atoms with Gasteiger partial charge in [0.1, 0.15) is 36.0 Å². The van der Waals surface area contributed by atoms with Gasteiger partial charge in [-0.15, -0.1) is 0 Å². The van der Waals surface area contributed by atoms with Crippen LogP contribution in [0.5, 0.6) is 5.75 Å². The van der Waals surface area contributed by atoms with Crippen molar-refractivity contribution in [3.63, 3.8) is 0 Å². The number of unbranched alkanes of at least 4 members (excludes halogenated alkanes) is 3. The highest BCUT2D eigenvalue weighted by Gasteiger charge is 2.47. The fourth-order valence-electron chi connectivity index (χ4n) is 4.82. The van der Waals surface area contributed by atoms with Crippen LogP contribution in [0.3, 0.4) is 0 Å². The Kier molecular flexibility index (Phi) is 12.9. The molecule has 0 radical (unpaired) electrons. The van der Waals surface area contributed by atoms with Crippen molar-refractivity contribution in [1.29, 1.82) is 5.26 Å². The number of benzene rings is 2. The first-order chi connectivity index (χ1) is 21.5. The highest BCUT2D eigenvalue weighted by molar-refractivity contribution is 6.00. The number of para-hydroxylation sites is 1. The normalized spacial score (nSPS) is 15.6. The van der Waals surface area contributed by atoms with Gasteiger partial charge in [-0.25, -0.2) is 14.0 Å². The number of nitrogens with zero attached hydrogens (tertiary/aromatic N) is 1. The number of allylic oxidation sites excluding steroid dienone is 2. The molecule has 2 atom stereocenters. The van der Waals surface area contributed by atoms with Gasteiger partial charge in [0.2, 0.25) is 0 Å². The molecule has 0 bridgehead atoms. The van der Waals surface area contributed by atoms with Gasteiger partial charge in [-0.1, -0.05) is 37.1 Å². The average molecular weight is 634 g/mol. The summed E-state index contributed by atoms with van der Waals surface area (Å²) in [6.07, 6.45) is -3.08. The number of nitriles is 1. The van der Waals surface area contributed by atoms with Crippen molar-refractivity contribution >= 4 is 11.9 Å². The van der Waals surface area contributed by atoms with E-state index in [1.54, 1.807) is 24.3 Å². The van der Waals surface area contributed by atoms with Crippen molar-refractivity contribution in [3.8, 4) is 11.8 Å². The number of esters is 2. The SMILES string of the molecule is COC(=O)C1=C(C(F)(F)F)NC(C)=C(C(=O)OCCCCCCNCC(O)COc2ccccc2C#N)C1c1cccc(F)c1. The molecule has 0 amide bonds. The van der Waals surface area contributed by atoms with Crippen LogP contribution in [0.15, 0.2) is 71.1 Å². The number of ether oxygens (including phenoxy) is 3. The first kappa shape index (κ1) is 35.1. The molecule has 0 spiro atoms. The first-order valence-electron chi connectivity index (χ1n) is 14.3. The van der Waals surface area contributed by atoms with E-state index in [2.05, 4.69) is 15.4 Å². The molecular weight excluding hydrogens is 598 g/mol. The quantitative estimate of drug-likeness (QED) is 0.144. The van der Waals surface area contributed by atoms with E-state index in [-0.39, 0.29) is 30.0 Å². The summed E-state index contributed by atoms with van der Waals surface area (Å²) in [4.78, 5) is 25.8. The molecule has 13 heteroatoms. The van der Waals surface area contributed by atoms with Crippen molar-refractivity contribution in [2.75, 3.05) is 33.4 Å². The molecule has 3 N–H and O–H groups in total. The number of rotatable bonds is 15. The Hall–Kier alpha value is -4.41. The van der Waals surface area contributed by atoms with E-state index < -0.39 is 47.2 Å². The van der Waals surface area contributed by atoms with Gasteiger partial charge < -0.3 is 30.0 Å². The van der Waals surface area contributed by atoms with Crippen molar-refractivity contribution in [1.82, 2.24) is 10.6 Å². The summed E-state index contributed by atoms with van der Waals surface area (Å²) in [6, 6.07) is 13.4. The molecule has 0 aliphatic carbocycles. The second-order valence-corrected chi connectivity index (χ2v) is 10.3. The lowest BCUT2D eigenvalue weighted by Gasteiger charge is -2.32. The minimum Gasteiger partial charge on any atom is -0.489 e. The molecule has 3 rings (SSSR count). The summed E-state index contributed by atoms with van der Waals surface area (Å²) in [5.41, 5.74) is -2.35. The van der Waals surface area contributed by atoms with E-state index in [9.17, 15) is 32.3 Å². The number of methoxy groups -OCH3 is 1. The average Bonchev–Trinajstić information content (AvgIpc) is 3.01. The Balaban J connectivity index is 1.49. The Labute approximate surface area is 258 Å². The van der Waals surface area contributed by atoms with Crippen molar-refractivity contribution < 1.29 is 46.5 Å². The Bertz CT molecular complexity index is 1450. The van der Waals surface area contributed by atoms with E-state index in [1.165, 1.54) is 19.1 Å². The standard InChI is InChI=1S/C32H35F4N3O6/c1-20-26(27(21-11-9-12-23(33)16-21)28(30(41)43-2)29(39-20)32(34,35)36)31(42)44-15-8-4-3-7-14-38-18-24(40)19-45-25-13-6-5-10-22(25)17-37/h5-6,9-13,16,24,27,38-40H,3-4,7-8,14-15,18-19H2,1-2H3. The predicted molar refractivity (Wildman–Crippen MR) is 155 cm³/mol. The number of dihydropyridines is 1. The molecule has 1 aliphatic heterocycles. The van der Waals surface area contributed by atoms with Crippen LogP contribution in [-0.2, 0) is 19.1 Å². The van der Waals surface area contributed by atoms with Crippen LogP contribution in [0.2, 0.25) is 0 Å². The number of halogens is 4. The zero-order chi connectivity index (χ0) is 33.0. The first-order valence-corrected chi connectivity index (χ1v) is 14.3. The highest BCUT2D eigenvalue weighted by atomic mass is 19.4. The lowest BCUT2D eigenvalue weighted by atomic mass is 9.80. The van der Waals surface area contributed by atoms with Gasteiger partial charge in [0.25, 0.3) is 0 Å². The smallest absolute Gasteiger partial charge is 0.431 e. The molecule has 242 valence electrons. The van der Waals surface area contributed by atoms with Crippen LogP contribution in [0.25, 0.3) is 0 Å². The molecule has 1 heterocycles. The van der Waals surface area contributed by atoms with Gasteiger partial charge in [0.15, 0.2) is 0 Å². The number of carbonyl (C=O) groups excluding carboxylic acids is 2. The van der Waals surface area contributed by atoms with Gasteiger partial charge in [0, 0.05) is 12.2 Å². The van der Waals surface area contributed by atoms with Gasteiger partial charge in [0.05, 0.1) is 36.3 Å². The largest absolute Gasteiger partial charge is 0.489 e. The molecule has 0 saturated carbocycles. The molecule has 45 heavy (non-hydrogen) atoms. The lowest BCUT2D eigenvalue weighted by molar-refractivity contribution is -0.140. The number of hydrogen-bond acceptors (Lipinski definition) is 9.